The Hall–Kier alpha value is 5.17. The minimum atomic E-state index is -4.86. The van der Waals surface area contributed by atoms with Crippen molar-refractivity contribution in [3.8, 4) is 0 Å². The number of hydrogen-bond donors (Lipinski definition) is 0. The fourth-order valence-electron chi connectivity index (χ4n) is 2.50. The molecule has 26 heavy (non-hydrogen) atoms. The monoisotopic (exact) mass is 486 g/mol. The molecule has 0 aliphatic heterocycles. The molecule has 0 rings (SSSR count). The van der Waals surface area contributed by atoms with Gasteiger partial charge >= 0.3 is 154 Å². The van der Waals surface area contributed by atoms with Gasteiger partial charge in [-0.15, -0.1) is 0 Å². The SMILES string of the molecule is CCCCCCCCCCCCN(CP(=O)([O-])[O-])CP(=O)([O-])[O-].[K+].[K+].[K+]. The van der Waals surface area contributed by atoms with Crippen molar-refractivity contribution in [2.45, 2.75) is 71.1 Å². The Bertz CT molecular complexity index is 371. The Morgan fingerprint density at radius 2 is 0.923 bits per heavy atom. The van der Waals surface area contributed by atoms with Gasteiger partial charge in [-0.3, -0.25) is 4.90 Å². The van der Waals surface area contributed by atoms with Crippen molar-refractivity contribution in [3.63, 3.8) is 0 Å². The zero-order valence-electron chi connectivity index (χ0n) is 17.0. The van der Waals surface area contributed by atoms with E-state index in [0.29, 0.717) is 6.42 Å². The fourth-order valence-corrected chi connectivity index (χ4v) is 4.12. The summed E-state index contributed by atoms with van der Waals surface area (Å²) in [5.41, 5.74) is 0. The summed E-state index contributed by atoms with van der Waals surface area (Å²) in [6, 6.07) is 0. The van der Waals surface area contributed by atoms with E-state index in [1.807, 2.05) is 0 Å². The van der Waals surface area contributed by atoms with E-state index in [0.717, 1.165) is 24.2 Å². The van der Waals surface area contributed by atoms with Crippen LogP contribution in [-0.2, 0) is 9.13 Å². The molecule has 12 heteroatoms. The standard InChI is InChI=1S/C14H33NO6P2.3K/c1-2-3-4-5-6-7-8-9-10-11-12-15(13-22(16,17)18)14-23(19,20)21;;;/h2-14H2,1H3,(H2,16,17,18)(H2,19,20,21);;;/q;3*+1/p-4. The van der Waals surface area contributed by atoms with Crippen LogP contribution < -0.4 is 174 Å². The Morgan fingerprint density at radius 1 is 0.615 bits per heavy atom. The quantitative estimate of drug-likeness (QED) is 0.128. The zero-order valence-corrected chi connectivity index (χ0v) is 28.1. The Balaban J connectivity index is -0.000000807. The van der Waals surface area contributed by atoms with E-state index >= 15 is 0 Å². The van der Waals surface area contributed by atoms with Crippen molar-refractivity contribution in [2.24, 2.45) is 0 Å². The maximum absolute atomic E-state index is 10.7. The summed E-state index contributed by atoms with van der Waals surface area (Å²) in [5, 5.41) is 0. The summed E-state index contributed by atoms with van der Waals surface area (Å²) in [6.45, 7) is 2.32. The molecule has 0 saturated carbocycles. The normalized spacial score (nSPS) is 11.5. The maximum Gasteiger partial charge on any atom is 1.00 e. The predicted molar refractivity (Wildman–Crippen MR) is 83.5 cm³/mol. The molecule has 0 atom stereocenters. The maximum atomic E-state index is 10.7. The molecule has 0 amide bonds. The van der Waals surface area contributed by atoms with Crippen LogP contribution in [0.2, 0.25) is 0 Å². The molecule has 7 nitrogen and oxygen atoms in total. The van der Waals surface area contributed by atoms with Gasteiger partial charge in [0.15, 0.2) is 0 Å². The summed E-state index contributed by atoms with van der Waals surface area (Å²) < 4.78 is 21.5. The summed E-state index contributed by atoms with van der Waals surface area (Å²) >= 11 is 0. The third-order valence-electron chi connectivity index (χ3n) is 3.57. The molecule has 0 radical (unpaired) electrons. The van der Waals surface area contributed by atoms with E-state index in [1.165, 1.54) is 38.5 Å². The first-order valence-electron chi connectivity index (χ1n) is 8.38. The largest absolute Gasteiger partial charge is 1.00 e. The van der Waals surface area contributed by atoms with Gasteiger partial charge in [0.05, 0.1) is 0 Å². The third-order valence-corrected chi connectivity index (χ3v) is 5.07. The summed E-state index contributed by atoms with van der Waals surface area (Å²) in [6.07, 6.45) is 9.11. The molecule has 140 valence electrons. The van der Waals surface area contributed by atoms with E-state index in [2.05, 4.69) is 6.92 Å². The third kappa shape index (κ3) is 31.4. The van der Waals surface area contributed by atoms with E-state index in [1.54, 1.807) is 0 Å². The Kier molecular flexibility index (Phi) is 34.5. The first-order valence-corrected chi connectivity index (χ1v) is 11.8. The van der Waals surface area contributed by atoms with Crippen molar-refractivity contribution in [2.75, 3.05) is 19.1 Å². The second-order valence-corrected chi connectivity index (χ2v) is 9.09. The number of nitrogens with zero attached hydrogens (tertiary/aromatic N) is 1. The van der Waals surface area contributed by atoms with Crippen LogP contribution in [-0.4, -0.2) is 24.0 Å². The van der Waals surface area contributed by atoms with Crippen molar-refractivity contribution >= 4 is 15.2 Å². The van der Waals surface area contributed by atoms with E-state index in [9.17, 15) is 28.7 Å². The van der Waals surface area contributed by atoms with Crippen LogP contribution in [0.15, 0.2) is 0 Å². The van der Waals surface area contributed by atoms with Gasteiger partial charge < -0.3 is 28.7 Å². The van der Waals surface area contributed by atoms with Crippen LogP contribution in [0.5, 0.6) is 0 Å². The van der Waals surface area contributed by atoms with Gasteiger partial charge in [0.25, 0.3) is 0 Å². The molecule has 0 N–H and O–H groups in total. The van der Waals surface area contributed by atoms with Gasteiger partial charge in [0.1, 0.15) is 0 Å². The van der Waals surface area contributed by atoms with Crippen LogP contribution in [0.1, 0.15) is 71.1 Å². The summed E-state index contributed by atoms with van der Waals surface area (Å²) in [4.78, 5) is 43.9. The molecular weight excluding hydrogens is 457 g/mol. The number of hydrogen-bond acceptors (Lipinski definition) is 7. The molecule has 0 aliphatic carbocycles. The average molecular weight is 487 g/mol. The molecule has 0 aromatic carbocycles. The molecule has 0 fully saturated rings. The van der Waals surface area contributed by atoms with Gasteiger partial charge in [-0.1, -0.05) is 79.9 Å². The number of rotatable bonds is 15. The van der Waals surface area contributed by atoms with Crippen LogP contribution in [0.25, 0.3) is 0 Å². The smallest absolute Gasteiger partial charge is 0.810 e. The van der Waals surface area contributed by atoms with E-state index in [-0.39, 0.29) is 161 Å². The minimum absolute atomic E-state index is 0. The molecule has 0 spiro atoms. The molecule has 0 aliphatic rings. The predicted octanol–water partition coefficient (Wildman–Crippen LogP) is -8.04. The van der Waals surface area contributed by atoms with Gasteiger partial charge in [-0.05, 0) is 13.0 Å². The van der Waals surface area contributed by atoms with Gasteiger partial charge in [-0.25, -0.2) is 0 Å². The molecule has 0 heterocycles. The fraction of sp³-hybridized carbons (Fsp3) is 1.00. The number of unbranched alkanes of at least 4 members (excludes halogenated alkanes) is 9. The van der Waals surface area contributed by atoms with Gasteiger partial charge in [0.2, 0.25) is 0 Å². The van der Waals surface area contributed by atoms with E-state index in [4.69, 9.17) is 0 Å². The second-order valence-electron chi connectivity index (χ2n) is 6.08. The van der Waals surface area contributed by atoms with Crippen LogP contribution in [0.3, 0.4) is 0 Å². The second kappa shape index (κ2) is 23.3. The molecule has 0 aromatic heterocycles. The van der Waals surface area contributed by atoms with Crippen LogP contribution in [0.4, 0.5) is 0 Å². The molecular formula is C14H29K3NO6P2-. The zero-order chi connectivity index (χ0) is 17.8. The first-order chi connectivity index (χ1) is 10.6. The molecule has 0 bridgehead atoms. The summed E-state index contributed by atoms with van der Waals surface area (Å²) in [7, 11) is -9.72. The van der Waals surface area contributed by atoms with Crippen molar-refractivity contribution in [1.82, 2.24) is 4.90 Å². The Morgan fingerprint density at radius 3 is 1.23 bits per heavy atom. The van der Waals surface area contributed by atoms with Gasteiger partial charge in [-0.2, -0.15) is 0 Å². The molecule has 0 saturated heterocycles. The van der Waals surface area contributed by atoms with Crippen molar-refractivity contribution in [1.29, 1.82) is 0 Å². The van der Waals surface area contributed by atoms with E-state index < -0.39 is 27.8 Å². The summed E-state index contributed by atoms with van der Waals surface area (Å²) in [5.74, 6) is 0. The van der Waals surface area contributed by atoms with Crippen LogP contribution >= 0.6 is 15.2 Å². The molecule has 0 unspecified atom stereocenters. The van der Waals surface area contributed by atoms with Crippen molar-refractivity contribution < 1.29 is 183 Å². The topological polar surface area (TPSA) is 130 Å². The average Bonchev–Trinajstić information content (AvgIpc) is 2.37. The van der Waals surface area contributed by atoms with Crippen LogP contribution in [0, 0.1) is 0 Å². The van der Waals surface area contributed by atoms with Crippen molar-refractivity contribution in [3.05, 3.63) is 0 Å². The van der Waals surface area contributed by atoms with Gasteiger partial charge in [0, 0.05) is 12.6 Å². The first kappa shape index (κ1) is 38.4. The minimum Gasteiger partial charge on any atom is -0.810 e. The Labute approximate surface area is 286 Å². The molecule has 0 aromatic rings.